The Morgan fingerprint density at radius 1 is 1.32 bits per heavy atom. The van der Waals surface area contributed by atoms with Gasteiger partial charge in [0.1, 0.15) is 6.26 Å². The van der Waals surface area contributed by atoms with Gasteiger partial charge in [0.2, 0.25) is 5.89 Å². The Balaban J connectivity index is 1.53. The Kier molecular flexibility index (Phi) is 6.41. The zero-order valence-electron chi connectivity index (χ0n) is 16.7. The number of oxazole rings is 1. The number of benzene rings is 1. The Morgan fingerprint density at radius 2 is 2.07 bits per heavy atom. The summed E-state index contributed by atoms with van der Waals surface area (Å²) in [5, 5.41) is 4.11. The molecule has 0 fully saturated rings. The number of nitrogens with one attached hydrogen (secondary N) is 1. The van der Waals surface area contributed by atoms with Gasteiger partial charge in [-0.3, -0.25) is 4.99 Å². The van der Waals surface area contributed by atoms with E-state index in [2.05, 4.69) is 39.2 Å². The van der Waals surface area contributed by atoms with Crippen LogP contribution in [0.2, 0.25) is 5.02 Å². The van der Waals surface area contributed by atoms with E-state index in [1.165, 1.54) is 5.56 Å². The number of aliphatic imine (C=N–C) groups is 1. The van der Waals surface area contributed by atoms with Gasteiger partial charge in [0.25, 0.3) is 0 Å². The highest BCUT2D eigenvalue weighted by Crippen LogP contribution is 2.19. The predicted octanol–water partition coefficient (Wildman–Crippen LogP) is 3.89. The molecular weight excluding hydrogens is 374 g/mol. The molecule has 0 aliphatic carbocycles. The van der Waals surface area contributed by atoms with Crippen LogP contribution in [0.3, 0.4) is 0 Å². The SMILES string of the molecule is CN=C(NCCc1coc(-c2ccc(C)cc2)n1)N(C)Cc1cc(Cl)cn1C. The highest BCUT2D eigenvalue weighted by molar-refractivity contribution is 6.30. The van der Waals surface area contributed by atoms with Crippen LogP contribution in [0, 0.1) is 6.92 Å². The number of nitrogens with zero attached hydrogens (tertiary/aromatic N) is 4. The Hall–Kier alpha value is -2.73. The second kappa shape index (κ2) is 8.97. The van der Waals surface area contributed by atoms with Crippen LogP contribution in [0.4, 0.5) is 0 Å². The second-order valence-corrected chi connectivity index (χ2v) is 7.29. The van der Waals surface area contributed by atoms with E-state index in [0.717, 1.165) is 34.4 Å². The lowest BCUT2D eigenvalue weighted by molar-refractivity contribution is 0.462. The third-order valence-electron chi connectivity index (χ3n) is 4.56. The molecule has 0 saturated carbocycles. The molecule has 28 heavy (non-hydrogen) atoms. The first-order valence-electron chi connectivity index (χ1n) is 9.20. The predicted molar refractivity (Wildman–Crippen MR) is 114 cm³/mol. The molecule has 0 atom stereocenters. The Labute approximate surface area is 170 Å². The quantitative estimate of drug-likeness (QED) is 0.504. The summed E-state index contributed by atoms with van der Waals surface area (Å²) in [5.41, 5.74) is 4.24. The second-order valence-electron chi connectivity index (χ2n) is 6.85. The van der Waals surface area contributed by atoms with Crippen LogP contribution in [-0.2, 0) is 20.0 Å². The molecule has 0 aliphatic rings. The van der Waals surface area contributed by atoms with E-state index in [9.17, 15) is 0 Å². The maximum absolute atomic E-state index is 6.07. The Morgan fingerprint density at radius 3 is 2.71 bits per heavy atom. The van der Waals surface area contributed by atoms with Gasteiger partial charge < -0.3 is 19.2 Å². The third-order valence-corrected chi connectivity index (χ3v) is 4.77. The fourth-order valence-electron chi connectivity index (χ4n) is 2.98. The molecular formula is C21H26ClN5O. The molecule has 0 aliphatic heterocycles. The zero-order chi connectivity index (χ0) is 20.1. The summed E-state index contributed by atoms with van der Waals surface area (Å²) in [6, 6.07) is 10.1. The van der Waals surface area contributed by atoms with E-state index in [4.69, 9.17) is 16.0 Å². The molecule has 2 heterocycles. The molecule has 0 saturated heterocycles. The standard InChI is InChI=1S/C21H26ClN5O/c1-15-5-7-16(8-6-15)20-25-18(14-28-20)9-10-24-21(23-2)27(4)13-19-11-17(22)12-26(19)3/h5-8,11-12,14H,9-10,13H2,1-4H3,(H,23,24). The lowest BCUT2D eigenvalue weighted by Crippen LogP contribution is -2.39. The molecule has 1 aromatic carbocycles. The topological polar surface area (TPSA) is 58.6 Å². The summed E-state index contributed by atoms with van der Waals surface area (Å²) in [7, 11) is 5.77. The number of hydrogen-bond donors (Lipinski definition) is 1. The molecule has 0 amide bonds. The number of rotatable bonds is 6. The van der Waals surface area contributed by atoms with Crippen LogP contribution in [-0.4, -0.2) is 41.1 Å². The summed E-state index contributed by atoms with van der Waals surface area (Å²) in [6.07, 6.45) is 4.37. The van der Waals surface area contributed by atoms with Gasteiger partial charge in [0.05, 0.1) is 17.3 Å². The minimum atomic E-state index is 0.650. The molecule has 0 bridgehead atoms. The summed E-state index contributed by atoms with van der Waals surface area (Å²) >= 11 is 6.07. The van der Waals surface area contributed by atoms with Gasteiger partial charge in [-0.25, -0.2) is 4.98 Å². The van der Waals surface area contributed by atoms with Crippen LogP contribution in [0.1, 0.15) is 17.0 Å². The lowest BCUT2D eigenvalue weighted by atomic mass is 10.1. The molecule has 3 aromatic rings. The van der Waals surface area contributed by atoms with E-state index in [1.54, 1.807) is 13.3 Å². The summed E-state index contributed by atoms with van der Waals surface area (Å²) in [5.74, 6) is 1.47. The van der Waals surface area contributed by atoms with Crippen molar-refractivity contribution in [3.8, 4) is 11.5 Å². The van der Waals surface area contributed by atoms with Crippen LogP contribution < -0.4 is 5.32 Å². The molecule has 0 spiro atoms. The molecule has 6 nitrogen and oxygen atoms in total. The van der Waals surface area contributed by atoms with Crippen molar-refractivity contribution >= 4 is 17.6 Å². The molecule has 2 aromatic heterocycles. The fourth-order valence-corrected chi connectivity index (χ4v) is 3.25. The number of aromatic nitrogens is 2. The van der Waals surface area contributed by atoms with E-state index < -0.39 is 0 Å². The van der Waals surface area contributed by atoms with E-state index in [1.807, 2.05) is 43.1 Å². The largest absolute Gasteiger partial charge is 0.444 e. The average molecular weight is 400 g/mol. The summed E-state index contributed by atoms with van der Waals surface area (Å²) in [4.78, 5) is 11.0. The zero-order valence-corrected chi connectivity index (χ0v) is 17.5. The van der Waals surface area contributed by atoms with Crippen LogP contribution >= 0.6 is 11.6 Å². The smallest absolute Gasteiger partial charge is 0.226 e. The highest BCUT2D eigenvalue weighted by Gasteiger charge is 2.11. The number of aryl methyl sites for hydroxylation is 2. The first kappa shape index (κ1) is 20.0. The first-order valence-corrected chi connectivity index (χ1v) is 9.58. The number of guanidine groups is 1. The van der Waals surface area contributed by atoms with Gasteiger partial charge in [-0.1, -0.05) is 29.3 Å². The average Bonchev–Trinajstić information content (AvgIpc) is 3.25. The summed E-state index contributed by atoms with van der Waals surface area (Å²) < 4.78 is 7.64. The molecule has 0 unspecified atom stereocenters. The van der Waals surface area contributed by atoms with Crippen LogP contribution in [0.5, 0.6) is 0 Å². The van der Waals surface area contributed by atoms with E-state index >= 15 is 0 Å². The Bertz CT molecular complexity index is 942. The maximum atomic E-state index is 6.07. The van der Waals surface area contributed by atoms with Gasteiger partial charge in [-0.2, -0.15) is 0 Å². The lowest BCUT2D eigenvalue weighted by Gasteiger charge is -2.22. The minimum absolute atomic E-state index is 0.650. The van der Waals surface area contributed by atoms with Crippen molar-refractivity contribution in [2.75, 3.05) is 20.6 Å². The van der Waals surface area contributed by atoms with Crippen molar-refractivity contribution < 1.29 is 4.42 Å². The van der Waals surface area contributed by atoms with Gasteiger partial charge in [0, 0.05) is 51.6 Å². The van der Waals surface area contributed by atoms with Crippen molar-refractivity contribution in [1.82, 2.24) is 19.8 Å². The summed E-state index contributed by atoms with van der Waals surface area (Å²) in [6.45, 7) is 3.49. The number of halogens is 1. The van der Waals surface area contributed by atoms with E-state index in [0.29, 0.717) is 19.0 Å². The van der Waals surface area contributed by atoms with Crippen molar-refractivity contribution in [2.45, 2.75) is 19.9 Å². The molecule has 3 rings (SSSR count). The fraction of sp³-hybridized carbons (Fsp3) is 0.333. The molecule has 0 radical (unpaired) electrons. The first-order chi connectivity index (χ1) is 13.5. The van der Waals surface area contributed by atoms with Crippen molar-refractivity contribution in [3.05, 3.63) is 64.8 Å². The molecule has 7 heteroatoms. The normalized spacial score (nSPS) is 11.7. The van der Waals surface area contributed by atoms with E-state index in [-0.39, 0.29) is 0 Å². The van der Waals surface area contributed by atoms with Crippen LogP contribution in [0.15, 0.2) is 52.2 Å². The molecule has 148 valence electrons. The van der Waals surface area contributed by atoms with Crippen molar-refractivity contribution in [2.24, 2.45) is 12.0 Å². The van der Waals surface area contributed by atoms with Gasteiger partial charge >= 0.3 is 0 Å². The monoisotopic (exact) mass is 399 g/mol. The van der Waals surface area contributed by atoms with Crippen LogP contribution in [0.25, 0.3) is 11.5 Å². The third kappa shape index (κ3) is 4.95. The van der Waals surface area contributed by atoms with Gasteiger partial charge in [-0.15, -0.1) is 0 Å². The van der Waals surface area contributed by atoms with Crippen molar-refractivity contribution in [3.63, 3.8) is 0 Å². The van der Waals surface area contributed by atoms with Gasteiger partial charge in [-0.05, 0) is 25.1 Å². The highest BCUT2D eigenvalue weighted by atomic mass is 35.5. The number of hydrogen-bond acceptors (Lipinski definition) is 3. The maximum Gasteiger partial charge on any atom is 0.226 e. The molecule has 1 N–H and O–H groups in total. The van der Waals surface area contributed by atoms with Gasteiger partial charge in [0.15, 0.2) is 5.96 Å². The minimum Gasteiger partial charge on any atom is -0.444 e. The van der Waals surface area contributed by atoms with Crippen molar-refractivity contribution in [1.29, 1.82) is 0 Å².